The van der Waals surface area contributed by atoms with Crippen molar-refractivity contribution >= 4 is 38.4 Å². The molecule has 3 aromatic rings. The van der Waals surface area contributed by atoms with Gasteiger partial charge in [-0.2, -0.15) is 0 Å². The van der Waals surface area contributed by atoms with Gasteiger partial charge in [0.2, 0.25) is 5.91 Å². The summed E-state index contributed by atoms with van der Waals surface area (Å²) in [5.74, 6) is 0.0316. The van der Waals surface area contributed by atoms with Gasteiger partial charge in [-0.05, 0) is 17.9 Å². The van der Waals surface area contributed by atoms with Crippen molar-refractivity contribution in [1.29, 1.82) is 0 Å². The van der Waals surface area contributed by atoms with Gasteiger partial charge < -0.3 is 5.32 Å². The van der Waals surface area contributed by atoms with Gasteiger partial charge in [-0.25, -0.2) is 13.4 Å². The first-order chi connectivity index (χ1) is 13.0. The number of carbonyl (C=O) groups is 1. The predicted octanol–water partition coefficient (Wildman–Crippen LogP) is 3.38. The summed E-state index contributed by atoms with van der Waals surface area (Å²) in [6.07, 6.45) is 0.693. The average Bonchev–Trinajstić information content (AvgIpc) is 3.36. The lowest BCUT2D eigenvalue weighted by Gasteiger charge is -2.10. The summed E-state index contributed by atoms with van der Waals surface area (Å²) in [6.45, 7) is 0. The lowest BCUT2D eigenvalue weighted by Crippen LogP contribution is -2.36. The molecule has 27 heavy (non-hydrogen) atoms. The number of benzene rings is 1. The third-order valence-corrected chi connectivity index (χ3v) is 8.14. The minimum atomic E-state index is -3.01. The summed E-state index contributed by atoms with van der Waals surface area (Å²) in [5.41, 5.74) is 1.86. The maximum Gasteiger partial charge on any atom is 0.225 e. The van der Waals surface area contributed by atoms with Gasteiger partial charge in [0.1, 0.15) is 5.01 Å². The van der Waals surface area contributed by atoms with Crippen LogP contribution in [0.5, 0.6) is 0 Å². The number of thiophene rings is 1. The fourth-order valence-electron chi connectivity index (χ4n) is 3.11. The van der Waals surface area contributed by atoms with E-state index in [1.165, 1.54) is 11.3 Å². The highest BCUT2D eigenvalue weighted by Crippen LogP contribution is 2.36. The molecule has 0 bridgehead atoms. The summed E-state index contributed by atoms with van der Waals surface area (Å²) in [4.78, 5) is 19.2. The minimum Gasteiger partial charge on any atom is -0.352 e. The van der Waals surface area contributed by atoms with Crippen LogP contribution in [0.15, 0.2) is 47.8 Å². The van der Waals surface area contributed by atoms with Gasteiger partial charge in [-0.15, -0.1) is 22.7 Å². The molecule has 1 unspecified atom stereocenters. The van der Waals surface area contributed by atoms with E-state index in [2.05, 4.69) is 5.32 Å². The van der Waals surface area contributed by atoms with Crippen LogP contribution in [0, 0.1) is 0 Å². The van der Waals surface area contributed by atoms with Crippen LogP contribution < -0.4 is 5.32 Å². The molecule has 3 heterocycles. The van der Waals surface area contributed by atoms with E-state index in [1.54, 1.807) is 11.3 Å². The zero-order valence-electron chi connectivity index (χ0n) is 14.4. The molecule has 1 fully saturated rings. The van der Waals surface area contributed by atoms with E-state index in [0.29, 0.717) is 6.42 Å². The Morgan fingerprint density at radius 2 is 2.00 bits per heavy atom. The normalized spacial score (nSPS) is 18.4. The number of thiazole rings is 1. The molecule has 0 aliphatic carbocycles. The number of carbonyl (C=O) groups excluding carboxylic acids is 1. The first-order valence-electron chi connectivity index (χ1n) is 8.59. The second kappa shape index (κ2) is 7.53. The third-order valence-electron chi connectivity index (χ3n) is 4.39. The van der Waals surface area contributed by atoms with Gasteiger partial charge in [0.15, 0.2) is 9.84 Å². The van der Waals surface area contributed by atoms with Crippen LogP contribution in [-0.4, -0.2) is 36.9 Å². The molecule has 1 aliphatic heterocycles. The van der Waals surface area contributed by atoms with Crippen LogP contribution in [0.25, 0.3) is 21.1 Å². The SMILES string of the molecule is O=C(Cc1sc(-c2ccccc2)nc1-c1cccs1)NC1CCS(=O)(=O)C1. The number of aromatic nitrogens is 1. The van der Waals surface area contributed by atoms with Gasteiger partial charge in [-0.1, -0.05) is 36.4 Å². The van der Waals surface area contributed by atoms with Crippen LogP contribution in [0.3, 0.4) is 0 Å². The van der Waals surface area contributed by atoms with Gasteiger partial charge in [0, 0.05) is 16.5 Å². The second-order valence-electron chi connectivity index (χ2n) is 6.48. The van der Waals surface area contributed by atoms with E-state index in [4.69, 9.17) is 4.98 Å². The van der Waals surface area contributed by atoms with Crippen molar-refractivity contribution in [2.24, 2.45) is 0 Å². The van der Waals surface area contributed by atoms with E-state index in [-0.39, 0.29) is 29.9 Å². The van der Waals surface area contributed by atoms with Crippen molar-refractivity contribution in [3.05, 3.63) is 52.7 Å². The molecule has 1 atom stereocenters. The molecular formula is C19H18N2O3S3. The van der Waals surface area contributed by atoms with Crippen molar-refractivity contribution < 1.29 is 13.2 Å². The van der Waals surface area contributed by atoms with Gasteiger partial charge in [0.25, 0.3) is 0 Å². The van der Waals surface area contributed by atoms with Gasteiger partial charge in [0.05, 0.1) is 28.5 Å². The van der Waals surface area contributed by atoms with Crippen molar-refractivity contribution in [3.8, 4) is 21.1 Å². The van der Waals surface area contributed by atoms with Crippen LogP contribution >= 0.6 is 22.7 Å². The lowest BCUT2D eigenvalue weighted by atomic mass is 10.2. The number of rotatable bonds is 5. The fraction of sp³-hybridized carbons (Fsp3) is 0.263. The number of amides is 1. The van der Waals surface area contributed by atoms with Crippen molar-refractivity contribution in [2.45, 2.75) is 18.9 Å². The Kier molecular flexibility index (Phi) is 5.12. The molecule has 8 heteroatoms. The molecule has 1 saturated heterocycles. The average molecular weight is 419 g/mol. The molecule has 1 amide bonds. The Balaban J connectivity index is 1.57. The number of hydrogen-bond acceptors (Lipinski definition) is 6. The molecule has 1 N–H and O–H groups in total. The Bertz CT molecular complexity index is 1040. The van der Waals surface area contributed by atoms with E-state index < -0.39 is 9.84 Å². The lowest BCUT2D eigenvalue weighted by molar-refractivity contribution is -0.120. The van der Waals surface area contributed by atoms with Crippen LogP contribution in [0.4, 0.5) is 0 Å². The molecule has 4 rings (SSSR count). The summed E-state index contributed by atoms with van der Waals surface area (Å²) >= 11 is 3.10. The Labute approximate surface area is 166 Å². The quantitative estimate of drug-likeness (QED) is 0.689. The maximum atomic E-state index is 12.5. The summed E-state index contributed by atoms with van der Waals surface area (Å²) in [5, 5.41) is 5.74. The van der Waals surface area contributed by atoms with Gasteiger partial charge in [-0.3, -0.25) is 4.79 Å². The Morgan fingerprint density at radius 3 is 2.67 bits per heavy atom. The highest BCUT2D eigenvalue weighted by atomic mass is 32.2. The molecule has 1 aliphatic rings. The van der Waals surface area contributed by atoms with Crippen molar-refractivity contribution in [3.63, 3.8) is 0 Å². The number of nitrogens with zero attached hydrogens (tertiary/aromatic N) is 1. The molecule has 0 spiro atoms. The molecule has 1 aromatic carbocycles. The predicted molar refractivity (Wildman–Crippen MR) is 110 cm³/mol. The molecule has 5 nitrogen and oxygen atoms in total. The van der Waals surface area contributed by atoms with Crippen molar-refractivity contribution in [1.82, 2.24) is 10.3 Å². The monoisotopic (exact) mass is 418 g/mol. The highest BCUT2D eigenvalue weighted by Gasteiger charge is 2.29. The maximum absolute atomic E-state index is 12.5. The Morgan fingerprint density at radius 1 is 1.19 bits per heavy atom. The largest absolute Gasteiger partial charge is 0.352 e. The fourth-order valence-corrected chi connectivity index (χ4v) is 6.67. The zero-order valence-corrected chi connectivity index (χ0v) is 16.9. The summed E-state index contributed by atoms with van der Waals surface area (Å²) in [6, 6.07) is 13.6. The molecule has 140 valence electrons. The smallest absolute Gasteiger partial charge is 0.225 e. The zero-order chi connectivity index (χ0) is 18.9. The Hall–Kier alpha value is -2.03. The van der Waals surface area contributed by atoms with Gasteiger partial charge >= 0.3 is 0 Å². The van der Waals surface area contributed by atoms with Crippen LogP contribution in [-0.2, 0) is 21.1 Å². The molecule has 2 aromatic heterocycles. The first-order valence-corrected chi connectivity index (χ1v) is 12.1. The van der Waals surface area contributed by atoms with E-state index >= 15 is 0 Å². The van der Waals surface area contributed by atoms with E-state index in [0.717, 1.165) is 26.0 Å². The topological polar surface area (TPSA) is 76.1 Å². The molecular weight excluding hydrogens is 400 g/mol. The number of hydrogen-bond donors (Lipinski definition) is 1. The van der Waals surface area contributed by atoms with E-state index in [9.17, 15) is 13.2 Å². The van der Waals surface area contributed by atoms with Crippen LogP contribution in [0.2, 0.25) is 0 Å². The molecule has 0 radical (unpaired) electrons. The number of nitrogens with one attached hydrogen (secondary N) is 1. The summed E-state index contributed by atoms with van der Waals surface area (Å²) < 4.78 is 23.2. The van der Waals surface area contributed by atoms with Crippen molar-refractivity contribution in [2.75, 3.05) is 11.5 Å². The number of sulfone groups is 1. The first kappa shape index (κ1) is 18.3. The highest BCUT2D eigenvalue weighted by molar-refractivity contribution is 7.91. The standard InChI is InChI=1S/C19H18N2O3S3/c22-17(20-14-8-10-27(23,24)12-14)11-16-18(15-7-4-9-25-15)21-19(26-16)13-5-2-1-3-6-13/h1-7,9,14H,8,10-12H2,(H,20,22). The summed E-state index contributed by atoms with van der Waals surface area (Å²) in [7, 11) is -3.01. The van der Waals surface area contributed by atoms with Crippen LogP contribution in [0.1, 0.15) is 11.3 Å². The second-order valence-corrected chi connectivity index (χ2v) is 10.7. The minimum absolute atomic E-state index is 0.0362. The molecule has 0 saturated carbocycles. The van der Waals surface area contributed by atoms with E-state index in [1.807, 2.05) is 47.8 Å². The third kappa shape index (κ3) is 4.28.